The van der Waals surface area contributed by atoms with Gasteiger partial charge in [0.25, 0.3) is 5.91 Å². The molecule has 0 bridgehead atoms. The van der Waals surface area contributed by atoms with Gasteiger partial charge < -0.3 is 15.8 Å². The van der Waals surface area contributed by atoms with Crippen LogP contribution in [-0.2, 0) is 11.2 Å². The Hall–Kier alpha value is -1.99. The molecule has 3 N–H and O–H groups in total. The molecule has 0 fully saturated rings. The zero-order chi connectivity index (χ0) is 15.1. The van der Waals surface area contributed by atoms with Gasteiger partial charge in [0, 0.05) is 6.04 Å². The van der Waals surface area contributed by atoms with E-state index in [0.717, 1.165) is 16.9 Å². The number of carbonyl (C=O) groups is 1. The van der Waals surface area contributed by atoms with E-state index in [1.165, 1.54) is 0 Å². The summed E-state index contributed by atoms with van der Waals surface area (Å²) in [5.41, 5.74) is 7.84. The van der Waals surface area contributed by atoms with Gasteiger partial charge >= 0.3 is 0 Å². The van der Waals surface area contributed by atoms with Gasteiger partial charge in [-0.2, -0.15) is 0 Å². The lowest BCUT2D eigenvalue weighted by molar-refractivity contribution is -0.127. The minimum atomic E-state index is -0.601. The van der Waals surface area contributed by atoms with Gasteiger partial charge in [0.2, 0.25) is 0 Å². The first kappa shape index (κ1) is 16.1. The maximum absolute atomic E-state index is 11.8. The number of hydrogen-bond donors (Lipinski definition) is 2. The summed E-state index contributed by atoms with van der Waals surface area (Å²) in [6.07, 6.45) is 5.22. The van der Waals surface area contributed by atoms with E-state index in [1.807, 2.05) is 32.0 Å². The van der Waals surface area contributed by atoms with E-state index in [2.05, 4.69) is 11.2 Å². The van der Waals surface area contributed by atoms with E-state index < -0.39 is 6.10 Å². The monoisotopic (exact) mass is 274 g/mol. The molecule has 4 nitrogen and oxygen atoms in total. The lowest BCUT2D eigenvalue weighted by Gasteiger charge is -2.19. The molecule has 1 aromatic rings. The number of nitrogens with two attached hydrogens (primary N) is 1. The molecule has 0 saturated carbocycles. The Morgan fingerprint density at radius 1 is 1.50 bits per heavy atom. The molecule has 0 aliphatic rings. The zero-order valence-corrected chi connectivity index (χ0v) is 12.3. The summed E-state index contributed by atoms with van der Waals surface area (Å²) < 4.78 is 5.80. The van der Waals surface area contributed by atoms with Crippen molar-refractivity contribution >= 4 is 5.91 Å². The van der Waals surface area contributed by atoms with Crippen LogP contribution in [0.25, 0.3) is 0 Å². The molecule has 1 amide bonds. The summed E-state index contributed by atoms with van der Waals surface area (Å²) in [5, 5.41) is 2.61. The van der Waals surface area contributed by atoms with Gasteiger partial charge in [0.05, 0.1) is 6.54 Å². The molecule has 0 aliphatic heterocycles. The zero-order valence-electron chi connectivity index (χ0n) is 12.3. The van der Waals surface area contributed by atoms with Crippen molar-refractivity contribution in [2.75, 3.05) is 6.54 Å². The van der Waals surface area contributed by atoms with E-state index in [4.69, 9.17) is 16.9 Å². The highest BCUT2D eigenvalue weighted by molar-refractivity contribution is 5.81. The third-order valence-corrected chi connectivity index (χ3v) is 2.86. The maximum Gasteiger partial charge on any atom is 0.261 e. The maximum atomic E-state index is 11.8. The summed E-state index contributed by atoms with van der Waals surface area (Å²) in [5.74, 6) is 2.87. The summed E-state index contributed by atoms with van der Waals surface area (Å²) in [6, 6.07) is 5.91. The summed E-state index contributed by atoms with van der Waals surface area (Å²) in [4.78, 5) is 11.8. The van der Waals surface area contributed by atoms with E-state index in [0.29, 0.717) is 6.42 Å². The molecule has 0 heterocycles. The Morgan fingerprint density at radius 2 is 2.20 bits per heavy atom. The molecule has 0 aliphatic carbocycles. The van der Waals surface area contributed by atoms with E-state index in [1.54, 1.807) is 6.92 Å². The first-order valence-corrected chi connectivity index (χ1v) is 6.67. The van der Waals surface area contributed by atoms with Gasteiger partial charge in [-0.25, -0.2) is 0 Å². The minimum Gasteiger partial charge on any atom is -0.480 e. The van der Waals surface area contributed by atoms with Crippen molar-refractivity contribution in [2.24, 2.45) is 5.73 Å². The van der Waals surface area contributed by atoms with Crippen molar-refractivity contribution in [3.05, 3.63) is 29.3 Å². The van der Waals surface area contributed by atoms with Gasteiger partial charge in [-0.15, -0.1) is 6.42 Å². The largest absolute Gasteiger partial charge is 0.480 e. The van der Waals surface area contributed by atoms with E-state index in [9.17, 15) is 4.79 Å². The SMILES string of the molecule is C#CCNC(=O)C(C)Oc1c(C)cccc1CC(C)N. The van der Waals surface area contributed by atoms with Crippen LogP contribution in [0.15, 0.2) is 18.2 Å². The van der Waals surface area contributed by atoms with Crippen LogP contribution < -0.4 is 15.8 Å². The number of amides is 1. The smallest absolute Gasteiger partial charge is 0.261 e. The molecule has 0 aromatic heterocycles. The second kappa shape index (κ2) is 7.56. The van der Waals surface area contributed by atoms with Crippen LogP contribution in [0.5, 0.6) is 5.75 Å². The number of terminal acetylenes is 1. The molecule has 1 aromatic carbocycles. The number of carbonyl (C=O) groups excluding carboxylic acids is 1. The molecule has 0 saturated heterocycles. The second-order valence-corrected chi connectivity index (χ2v) is 4.93. The second-order valence-electron chi connectivity index (χ2n) is 4.93. The fourth-order valence-corrected chi connectivity index (χ4v) is 1.90. The van der Waals surface area contributed by atoms with Crippen molar-refractivity contribution in [2.45, 2.75) is 39.3 Å². The normalized spacial score (nSPS) is 13.2. The highest BCUT2D eigenvalue weighted by atomic mass is 16.5. The molecule has 20 heavy (non-hydrogen) atoms. The van der Waals surface area contributed by atoms with E-state index in [-0.39, 0.29) is 18.5 Å². The third kappa shape index (κ3) is 4.60. The first-order chi connectivity index (χ1) is 9.45. The van der Waals surface area contributed by atoms with Crippen LogP contribution in [0.4, 0.5) is 0 Å². The van der Waals surface area contributed by atoms with Crippen LogP contribution in [0.3, 0.4) is 0 Å². The average Bonchev–Trinajstić information content (AvgIpc) is 2.39. The number of hydrogen-bond acceptors (Lipinski definition) is 3. The Kier molecular flexibility index (Phi) is 6.08. The summed E-state index contributed by atoms with van der Waals surface area (Å²) in [6.45, 7) is 5.79. The predicted octanol–water partition coefficient (Wildman–Crippen LogP) is 1.40. The molecule has 0 spiro atoms. The molecular formula is C16H22N2O2. The quantitative estimate of drug-likeness (QED) is 0.771. The predicted molar refractivity (Wildman–Crippen MR) is 80.5 cm³/mol. The number of aryl methyl sites for hydroxylation is 1. The number of nitrogens with one attached hydrogen (secondary N) is 1. The number of benzene rings is 1. The van der Waals surface area contributed by atoms with Crippen LogP contribution >= 0.6 is 0 Å². The molecular weight excluding hydrogens is 252 g/mol. The lowest BCUT2D eigenvalue weighted by Crippen LogP contribution is -2.36. The highest BCUT2D eigenvalue weighted by Gasteiger charge is 2.17. The summed E-state index contributed by atoms with van der Waals surface area (Å²) >= 11 is 0. The average molecular weight is 274 g/mol. The Balaban J connectivity index is 2.85. The van der Waals surface area contributed by atoms with Crippen molar-refractivity contribution < 1.29 is 9.53 Å². The first-order valence-electron chi connectivity index (χ1n) is 6.67. The number of ether oxygens (including phenoxy) is 1. The van der Waals surface area contributed by atoms with Gasteiger partial charge in [0.15, 0.2) is 6.10 Å². The topological polar surface area (TPSA) is 64.3 Å². The van der Waals surface area contributed by atoms with Gasteiger partial charge in [-0.05, 0) is 38.3 Å². The fraction of sp³-hybridized carbons (Fsp3) is 0.438. The minimum absolute atomic E-state index is 0.0322. The van der Waals surface area contributed by atoms with Crippen LogP contribution in [0, 0.1) is 19.3 Å². The fourth-order valence-electron chi connectivity index (χ4n) is 1.90. The lowest BCUT2D eigenvalue weighted by atomic mass is 10.0. The van der Waals surface area contributed by atoms with Crippen LogP contribution in [-0.4, -0.2) is 24.6 Å². The van der Waals surface area contributed by atoms with Gasteiger partial charge in [0.1, 0.15) is 5.75 Å². The molecule has 2 atom stereocenters. The molecule has 0 radical (unpaired) electrons. The highest BCUT2D eigenvalue weighted by Crippen LogP contribution is 2.25. The van der Waals surface area contributed by atoms with E-state index >= 15 is 0 Å². The number of rotatable bonds is 6. The molecule has 108 valence electrons. The van der Waals surface area contributed by atoms with Crippen molar-refractivity contribution in [1.82, 2.24) is 5.32 Å². The molecule has 2 unspecified atom stereocenters. The van der Waals surface area contributed by atoms with Crippen LogP contribution in [0.1, 0.15) is 25.0 Å². The number of para-hydroxylation sites is 1. The summed E-state index contributed by atoms with van der Waals surface area (Å²) in [7, 11) is 0. The Labute approximate surface area is 120 Å². The van der Waals surface area contributed by atoms with Crippen molar-refractivity contribution in [3.63, 3.8) is 0 Å². The van der Waals surface area contributed by atoms with Crippen LogP contribution in [0.2, 0.25) is 0 Å². The van der Waals surface area contributed by atoms with Gasteiger partial charge in [-0.3, -0.25) is 4.79 Å². The standard InChI is InChI=1S/C16H22N2O2/c1-5-9-18-16(19)13(4)20-15-11(2)7-6-8-14(15)10-12(3)17/h1,6-8,12-13H,9-10,17H2,2-4H3,(H,18,19). The third-order valence-electron chi connectivity index (χ3n) is 2.86. The Bertz CT molecular complexity index is 504. The Morgan fingerprint density at radius 3 is 2.80 bits per heavy atom. The van der Waals surface area contributed by atoms with Crippen molar-refractivity contribution in [1.29, 1.82) is 0 Å². The van der Waals surface area contributed by atoms with Gasteiger partial charge in [-0.1, -0.05) is 24.1 Å². The molecule has 4 heteroatoms. The van der Waals surface area contributed by atoms with Crippen molar-refractivity contribution in [3.8, 4) is 18.1 Å². The molecule has 1 rings (SSSR count).